The third-order valence-corrected chi connectivity index (χ3v) is 2.22. The molecule has 1 aromatic carbocycles. The second kappa shape index (κ2) is 3.27. The molecular formula is C10H8ClN3. The molecule has 14 heavy (non-hydrogen) atoms. The Labute approximate surface area is 86.6 Å². The molecule has 0 spiro atoms. The fourth-order valence-electron chi connectivity index (χ4n) is 1.31. The molecule has 0 saturated heterocycles. The molecule has 0 saturated carbocycles. The van der Waals surface area contributed by atoms with Crippen LogP contribution in [0, 0.1) is 10.8 Å². The number of nitrogens with zero attached hydrogens (tertiary/aromatic N) is 1. The number of hydrogen-bond acceptors (Lipinski definition) is 2. The fraction of sp³-hybridized carbons (Fsp3) is 0. The Hall–Kier alpha value is -1.61. The lowest BCUT2D eigenvalue weighted by atomic mass is 10.3. The Bertz CT molecular complexity index is 401. The van der Waals surface area contributed by atoms with E-state index in [0.717, 1.165) is 5.69 Å². The number of hydrogen-bond donors (Lipinski definition) is 2. The maximum Gasteiger partial charge on any atom is 0.131 e. The Morgan fingerprint density at radius 3 is 1.93 bits per heavy atom. The minimum Gasteiger partial charge on any atom is -0.284 e. The maximum atomic E-state index is 7.59. The van der Waals surface area contributed by atoms with Crippen molar-refractivity contribution in [2.75, 3.05) is 4.90 Å². The molecule has 0 aliphatic carbocycles. The van der Waals surface area contributed by atoms with Crippen LogP contribution in [0.15, 0.2) is 36.4 Å². The molecule has 0 bridgehead atoms. The Morgan fingerprint density at radius 1 is 0.929 bits per heavy atom. The van der Waals surface area contributed by atoms with E-state index in [0.29, 0.717) is 16.7 Å². The minimum atomic E-state index is 0.303. The van der Waals surface area contributed by atoms with Gasteiger partial charge in [0.05, 0.1) is 0 Å². The molecule has 1 aliphatic rings. The summed E-state index contributed by atoms with van der Waals surface area (Å²) in [7, 11) is 0. The zero-order valence-corrected chi connectivity index (χ0v) is 8.05. The van der Waals surface area contributed by atoms with Crippen LogP contribution in [0.2, 0.25) is 5.02 Å². The van der Waals surface area contributed by atoms with Gasteiger partial charge >= 0.3 is 0 Å². The van der Waals surface area contributed by atoms with E-state index in [9.17, 15) is 0 Å². The van der Waals surface area contributed by atoms with Gasteiger partial charge in [-0.05, 0) is 36.4 Å². The lowest BCUT2D eigenvalue weighted by Crippen LogP contribution is -2.28. The topological polar surface area (TPSA) is 50.9 Å². The monoisotopic (exact) mass is 205 g/mol. The minimum absolute atomic E-state index is 0.303. The molecule has 2 N–H and O–H groups in total. The van der Waals surface area contributed by atoms with Gasteiger partial charge in [-0.1, -0.05) is 11.6 Å². The van der Waals surface area contributed by atoms with Crippen LogP contribution in [0.25, 0.3) is 0 Å². The predicted molar refractivity (Wildman–Crippen MR) is 58.5 cm³/mol. The first-order valence-electron chi connectivity index (χ1n) is 4.09. The molecule has 1 aliphatic heterocycles. The first kappa shape index (κ1) is 8.97. The first-order valence-corrected chi connectivity index (χ1v) is 4.47. The van der Waals surface area contributed by atoms with Crippen molar-refractivity contribution in [3.63, 3.8) is 0 Å². The molecule has 4 heteroatoms. The summed E-state index contributed by atoms with van der Waals surface area (Å²) in [5, 5.41) is 15.8. The van der Waals surface area contributed by atoms with E-state index in [4.69, 9.17) is 22.4 Å². The van der Waals surface area contributed by atoms with Crippen molar-refractivity contribution in [2.24, 2.45) is 0 Å². The third-order valence-electron chi connectivity index (χ3n) is 1.97. The van der Waals surface area contributed by atoms with Crippen molar-refractivity contribution in [1.29, 1.82) is 10.8 Å². The predicted octanol–water partition coefficient (Wildman–Crippen LogP) is 2.67. The number of benzene rings is 1. The van der Waals surface area contributed by atoms with Crippen molar-refractivity contribution in [3.8, 4) is 0 Å². The van der Waals surface area contributed by atoms with E-state index >= 15 is 0 Å². The SMILES string of the molecule is N=C1C=CC(=N)N1c1ccc(Cl)cc1. The van der Waals surface area contributed by atoms with Crippen LogP contribution >= 0.6 is 11.6 Å². The second-order valence-corrected chi connectivity index (χ2v) is 3.35. The number of anilines is 1. The van der Waals surface area contributed by atoms with E-state index in [1.165, 1.54) is 4.90 Å². The van der Waals surface area contributed by atoms with Gasteiger partial charge in [0.1, 0.15) is 11.7 Å². The van der Waals surface area contributed by atoms with Gasteiger partial charge in [0.2, 0.25) is 0 Å². The van der Waals surface area contributed by atoms with Crippen molar-refractivity contribution in [3.05, 3.63) is 41.4 Å². The van der Waals surface area contributed by atoms with E-state index < -0.39 is 0 Å². The smallest absolute Gasteiger partial charge is 0.131 e. The molecule has 0 fully saturated rings. The van der Waals surface area contributed by atoms with Crippen molar-refractivity contribution >= 4 is 29.0 Å². The number of amidine groups is 2. The average molecular weight is 206 g/mol. The molecule has 3 nitrogen and oxygen atoms in total. The van der Waals surface area contributed by atoms with E-state index in [1.807, 2.05) is 0 Å². The van der Waals surface area contributed by atoms with Gasteiger partial charge in [-0.15, -0.1) is 0 Å². The number of rotatable bonds is 1. The van der Waals surface area contributed by atoms with Gasteiger partial charge in [0.15, 0.2) is 0 Å². The van der Waals surface area contributed by atoms with E-state index in [-0.39, 0.29) is 0 Å². The standard InChI is InChI=1S/C10H8ClN3/c11-7-1-3-8(4-2-7)14-9(12)5-6-10(14)13/h1-6,12-13H. The van der Waals surface area contributed by atoms with Gasteiger partial charge in [-0.25, -0.2) is 0 Å². The summed E-state index contributed by atoms with van der Waals surface area (Å²) in [4.78, 5) is 1.54. The molecule has 0 atom stereocenters. The highest BCUT2D eigenvalue weighted by molar-refractivity contribution is 6.31. The van der Waals surface area contributed by atoms with Gasteiger partial charge in [-0.3, -0.25) is 15.7 Å². The molecular weight excluding hydrogens is 198 g/mol. The molecule has 1 aromatic rings. The van der Waals surface area contributed by atoms with Crippen molar-refractivity contribution in [2.45, 2.75) is 0 Å². The average Bonchev–Trinajstić information content (AvgIpc) is 2.49. The molecule has 0 radical (unpaired) electrons. The lowest BCUT2D eigenvalue weighted by Gasteiger charge is -2.17. The van der Waals surface area contributed by atoms with Gasteiger partial charge < -0.3 is 0 Å². The molecule has 2 rings (SSSR count). The quantitative estimate of drug-likeness (QED) is 0.728. The van der Waals surface area contributed by atoms with Crippen molar-refractivity contribution in [1.82, 2.24) is 0 Å². The maximum absolute atomic E-state index is 7.59. The Morgan fingerprint density at radius 2 is 1.43 bits per heavy atom. The summed E-state index contributed by atoms with van der Waals surface area (Å²) in [6.45, 7) is 0. The Kier molecular flexibility index (Phi) is 2.09. The normalized spacial score (nSPS) is 15.4. The summed E-state index contributed by atoms with van der Waals surface area (Å²) in [6, 6.07) is 7.07. The van der Waals surface area contributed by atoms with Crippen LogP contribution in [0.4, 0.5) is 5.69 Å². The van der Waals surface area contributed by atoms with Crippen LogP contribution in [-0.4, -0.2) is 11.7 Å². The first-order chi connectivity index (χ1) is 6.68. The highest BCUT2D eigenvalue weighted by Crippen LogP contribution is 2.21. The molecule has 1 heterocycles. The third kappa shape index (κ3) is 1.42. The molecule has 0 unspecified atom stereocenters. The lowest BCUT2D eigenvalue weighted by molar-refractivity contribution is 1.34. The van der Waals surface area contributed by atoms with Crippen LogP contribution in [-0.2, 0) is 0 Å². The van der Waals surface area contributed by atoms with Crippen LogP contribution < -0.4 is 4.90 Å². The van der Waals surface area contributed by atoms with E-state index in [2.05, 4.69) is 0 Å². The number of nitrogens with one attached hydrogen (secondary N) is 2. The van der Waals surface area contributed by atoms with E-state index in [1.54, 1.807) is 36.4 Å². The summed E-state index contributed by atoms with van der Waals surface area (Å²) in [6.07, 6.45) is 3.19. The summed E-state index contributed by atoms with van der Waals surface area (Å²) in [5.74, 6) is 0.606. The zero-order valence-electron chi connectivity index (χ0n) is 7.29. The highest BCUT2D eigenvalue weighted by atomic mass is 35.5. The summed E-state index contributed by atoms with van der Waals surface area (Å²) in [5.41, 5.74) is 0.786. The Balaban J connectivity index is 2.36. The zero-order chi connectivity index (χ0) is 10.1. The van der Waals surface area contributed by atoms with Gasteiger partial charge in [0.25, 0.3) is 0 Å². The summed E-state index contributed by atoms with van der Waals surface area (Å²) >= 11 is 5.75. The van der Waals surface area contributed by atoms with Gasteiger partial charge in [-0.2, -0.15) is 0 Å². The molecule has 0 aromatic heterocycles. The number of halogens is 1. The molecule has 0 amide bonds. The highest BCUT2D eigenvalue weighted by Gasteiger charge is 2.18. The molecule has 70 valence electrons. The van der Waals surface area contributed by atoms with Crippen LogP contribution in [0.3, 0.4) is 0 Å². The van der Waals surface area contributed by atoms with Gasteiger partial charge in [0, 0.05) is 10.7 Å². The largest absolute Gasteiger partial charge is 0.284 e. The van der Waals surface area contributed by atoms with Crippen LogP contribution in [0.1, 0.15) is 0 Å². The van der Waals surface area contributed by atoms with Crippen molar-refractivity contribution < 1.29 is 0 Å². The second-order valence-electron chi connectivity index (χ2n) is 2.92. The summed E-state index contributed by atoms with van der Waals surface area (Å²) < 4.78 is 0. The fourth-order valence-corrected chi connectivity index (χ4v) is 1.43. The van der Waals surface area contributed by atoms with Crippen LogP contribution in [0.5, 0.6) is 0 Å².